The number of aromatic nitrogens is 4. The molecule has 0 fully saturated rings. The van der Waals surface area contributed by atoms with Crippen LogP contribution in [0.2, 0.25) is 0 Å². The number of benzene rings is 3. The number of hydrogen-bond donors (Lipinski definition) is 0. The molecular weight excluding hydrogens is 450 g/mol. The first-order chi connectivity index (χ1) is 16.5. The van der Waals surface area contributed by atoms with Gasteiger partial charge in [0.2, 0.25) is 5.78 Å². The highest BCUT2D eigenvalue weighted by Crippen LogP contribution is 2.30. The van der Waals surface area contributed by atoms with E-state index in [0.717, 1.165) is 11.3 Å². The summed E-state index contributed by atoms with van der Waals surface area (Å²) in [6.45, 7) is 4.17. The molecule has 0 spiro atoms. The predicted molar refractivity (Wildman–Crippen MR) is 133 cm³/mol. The first-order valence-electron chi connectivity index (χ1n) is 10.8. The van der Waals surface area contributed by atoms with Gasteiger partial charge in [0.25, 0.3) is 11.2 Å². The standard InChI is InChI=1S/C25H21N5O3S/c1-16(2)18-10-4-7-13-21(18)28-23(31)19-11-5-8-14-22(19)29-24(28)26-27-25(29)34-15-17-9-3-6-12-20(17)30(32)33/h3-14,16H,15H2,1-2H3. The maximum Gasteiger partial charge on any atom is 0.273 e. The van der Waals surface area contributed by atoms with Crippen LogP contribution in [-0.2, 0) is 5.75 Å². The lowest BCUT2D eigenvalue weighted by Gasteiger charge is -2.16. The number of hydrogen-bond acceptors (Lipinski definition) is 6. The number of nitro groups is 1. The van der Waals surface area contributed by atoms with Crippen molar-refractivity contribution in [1.29, 1.82) is 0 Å². The summed E-state index contributed by atoms with van der Waals surface area (Å²) in [4.78, 5) is 24.7. The van der Waals surface area contributed by atoms with E-state index < -0.39 is 0 Å². The molecule has 9 heteroatoms. The zero-order valence-corrected chi connectivity index (χ0v) is 19.4. The second-order valence-corrected chi connectivity index (χ2v) is 9.11. The fourth-order valence-electron chi connectivity index (χ4n) is 4.12. The Morgan fingerprint density at radius 2 is 1.68 bits per heavy atom. The van der Waals surface area contributed by atoms with Crippen molar-refractivity contribution in [2.75, 3.05) is 0 Å². The van der Waals surface area contributed by atoms with Crippen molar-refractivity contribution in [3.63, 3.8) is 0 Å². The van der Waals surface area contributed by atoms with E-state index in [1.165, 1.54) is 17.8 Å². The molecule has 0 aliphatic rings. The van der Waals surface area contributed by atoms with E-state index in [9.17, 15) is 14.9 Å². The molecular formula is C25H21N5O3S. The van der Waals surface area contributed by atoms with Crippen LogP contribution in [0.5, 0.6) is 0 Å². The maximum atomic E-state index is 13.6. The van der Waals surface area contributed by atoms with Gasteiger partial charge in [-0.25, -0.2) is 4.57 Å². The van der Waals surface area contributed by atoms with Crippen molar-refractivity contribution in [2.24, 2.45) is 0 Å². The van der Waals surface area contributed by atoms with Gasteiger partial charge in [-0.2, -0.15) is 0 Å². The molecule has 34 heavy (non-hydrogen) atoms. The third kappa shape index (κ3) is 3.63. The third-order valence-corrected chi connectivity index (χ3v) is 6.72. The van der Waals surface area contributed by atoms with Crippen LogP contribution in [0.1, 0.15) is 30.9 Å². The minimum absolute atomic E-state index is 0.0662. The second-order valence-electron chi connectivity index (χ2n) is 8.16. The summed E-state index contributed by atoms with van der Waals surface area (Å²) < 4.78 is 3.47. The van der Waals surface area contributed by atoms with E-state index in [4.69, 9.17) is 0 Å². The Hall–Kier alpha value is -3.98. The monoisotopic (exact) mass is 471 g/mol. The van der Waals surface area contributed by atoms with E-state index in [1.807, 2.05) is 46.9 Å². The van der Waals surface area contributed by atoms with Crippen LogP contribution in [0.15, 0.2) is 82.7 Å². The van der Waals surface area contributed by atoms with Crippen molar-refractivity contribution in [1.82, 2.24) is 19.2 Å². The van der Waals surface area contributed by atoms with Gasteiger partial charge in [-0.05, 0) is 29.7 Å². The molecule has 0 saturated carbocycles. The number of thioether (sulfide) groups is 1. The second kappa shape index (κ2) is 8.75. The topological polar surface area (TPSA) is 95.3 Å². The van der Waals surface area contributed by atoms with Gasteiger partial charge >= 0.3 is 0 Å². The van der Waals surface area contributed by atoms with Crippen molar-refractivity contribution in [3.8, 4) is 5.69 Å². The van der Waals surface area contributed by atoms with Crippen LogP contribution in [0, 0.1) is 10.1 Å². The molecule has 8 nitrogen and oxygen atoms in total. The lowest BCUT2D eigenvalue weighted by molar-refractivity contribution is -0.385. The van der Waals surface area contributed by atoms with Crippen molar-refractivity contribution >= 4 is 34.1 Å². The Morgan fingerprint density at radius 3 is 2.47 bits per heavy atom. The predicted octanol–water partition coefficient (Wildman–Crippen LogP) is 5.36. The highest BCUT2D eigenvalue weighted by Gasteiger charge is 2.21. The van der Waals surface area contributed by atoms with Gasteiger partial charge in [-0.1, -0.05) is 74.1 Å². The zero-order chi connectivity index (χ0) is 23.8. The number of nitrogens with zero attached hydrogens (tertiary/aromatic N) is 5. The van der Waals surface area contributed by atoms with Gasteiger partial charge in [-0.15, -0.1) is 10.2 Å². The molecule has 0 bridgehead atoms. The Kier molecular flexibility index (Phi) is 5.62. The molecule has 0 aliphatic carbocycles. The Balaban J connectivity index is 1.72. The molecule has 0 aliphatic heterocycles. The fourth-order valence-corrected chi connectivity index (χ4v) is 5.06. The van der Waals surface area contributed by atoms with E-state index in [2.05, 4.69) is 24.0 Å². The van der Waals surface area contributed by atoms with Crippen LogP contribution in [-0.4, -0.2) is 24.1 Å². The van der Waals surface area contributed by atoms with Crippen molar-refractivity contribution < 1.29 is 4.92 Å². The lowest BCUT2D eigenvalue weighted by Crippen LogP contribution is -2.23. The SMILES string of the molecule is CC(C)c1ccccc1-n1c(=O)c2ccccc2n2c(SCc3ccccc3[N+](=O)[O-])nnc12. The number of nitro benzene ring substituents is 1. The van der Waals surface area contributed by atoms with E-state index >= 15 is 0 Å². The summed E-state index contributed by atoms with van der Waals surface area (Å²) in [5, 5.41) is 21.3. The third-order valence-electron chi connectivity index (χ3n) is 5.74. The Bertz CT molecular complexity index is 1610. The molecule has 5 aromatic rings. The van der Waals surface area contributed by atoms with Gasteiger partial charge in [0.05, 0.1) is 21.5 Å². The molecule has 170 valence electrons. The summed E-state index contributed by atoms with van der Waals surface area (Å²) in [7, 11) is 0. The molecule has 2 aromatic heterocycles. The number of fused-ring (bicyclic) bond motifs is 3. The Morgan fingerprint density at radius 1 is 0.971 bits per heavy atom. The van der Waals surface area contributed by atoms with Gasteiger partial charge in [0.1, 0.15) is 0 Å². The lowest BCUT2D eigenvalue weighted by atomic mass is 10.0. The normalized spacial score (nSPS) is 11.5. The number of rotatable bonds is 6. The summed E-state index contributed by atoms with van der Waals surface area (Å²) >= 11 is 1.35. The van der Waals surface area contributed by atoms with Gasteiger partial charge in [-0.3, -0.25) is 19.3 Å². The van der Waals surface area contributed by atoms with Gasteiger partial charge < -0.3 is 0 Å². The van der Waals surface area contributed by atoms with E-state index in [0.29, 0.717) is 33.2 Å². The minimum atomic E-state index is -0.381. The molecule has 5 rings (SSSR count). The summed E-state index contributed by atoms with van der Waals surface area (Å²) in [5.74, 6) is 0.945. The van der Waals surface area contributed by atoms with Crippen LogP contribution >= 0.6 is 11.8 Å². The summed E-state index contributed by atoms with van der Waals surface area (Å²) in [6.07, 6.45) is 0. The van der Waals surface area contributed by atoms with Crippen molar-refractivity contribution in [2.45, 2.75) is 30.7 Å². The summed E-state index contributed by atoms with van der Waals surface area (Å²) in [5.41, 5.74) is 2.97. The Labute approximate surface area is 199 Å². The highest BCUT2D eigenvalue weighted by molar-refractivity contribution is 7.98. The van der Waals surface area contributed by atoms with E-state index in [-0.39, 0.29) is 22.1 Å². The molecule has 2 heterocycles. The van der Waals surface area contributed by atoms with Gasteiger partial charge in [0, 0.05) is 17.4 Å². The smallest absolute Gasteiger partial charge is 0.268 e. The average Bonchev–Trinajstić information content (AvgIpc) is 3.27. The zero-order valence-electron chi connectivity index (χ0n) is 18.6. The van der Waals surface area contributed by atoms with Crippen LogP contribution in [0.3, 0.4) is 0 Å². The van der Waals surface area contributed by atoms with Crippen LogP contribution < -0.4 is 5.56 Å². The fraction of sp³-hybridized carbons (Fsp3) is 0.160. The number of para-hydroxylation sites is 3. The molecule has 0 amide bonds. The van der Waals surface area contributed by atoms with E-state index in [1.54, 1.807) is 28.8 Å². The maximum absolute atomic E-state index is 13.6. The van der Waals surface area contributed by atoms with Crippen molar-refractivity contribution in [3.05, 3.63) is 104 Å². The molecule has 0 radical (unpaired) electrons. The quantitative estimate of drug-likeness (QED) is 0.188. The van der Waals surface area contributed by atoms with Crippen LogP contribution in [0.4, 0.5) is 5.69 Å². The summed E-state index contributed by atoms with van der Waals surface area (Å²) in [6, 6.07) is 21.8. The molecule has 0 saturated heterocycles. The largest absolute Gasteiger partial charge is 0.273 e. The first-order valence-corrected chi connectivity index (χ1v) is 11.8. The molecule has 3 aromatic carbocycles. The molecule has 0 unspecified atom stereocenters. The van der Waals surface area contributed by atoms with Crippen LogP contribution in [0.25, 0.3) is 22.4 Å². The molecule has 0 N–H and O–H groups in total. The molecule has 0 atom stereocenters. The average molecular weight is 472 g/mol. The highest BCUT2D eigenvalue weighted by atomic mass is 32.2. The minimum Gasteiger partial charge on any atom is -0.268 e. The van der Waals surface area contributed by atoms with Gasteiger partial charge in [0.15, 0.2) is 5.16 Å². The first kappa shape index (κ1) is 21.8.